The largest absolute Gasteiger partial charge is 0.381 e. The second kappa shape index (κ2) is 10.8. The molecule has 4 rings (SSSR count). The molecule has 1 aromatic heterocycles. The van der Waals surface area contributed by atoms with Gasteiger partial charge in [0.1, 0.15) is 5.82 Å². The summed E-state index contributed by atoms with van der Waals surface area (Å²) in [5.74, 6) is 1.14. The Hall–Kier alpha value is -1.97. The van der Waals surface area contributed by atoms with Gasteiger partial charge in [0.25, 0.3) is 0 Å². The number of fused-ring (bicyclic) bond motifs is 1. The lowest BCUT2D eigenvalue weighted by atomic mass is 9.94. The van der Waals surface area contributed by atoms with Gasteiger partial charge in [-0.1, -0.05) is 34.6 Å². The Labute approximate surface area is 215 Å². The summed E-state index contributed by atoms with van der Waals surface area (Å²) in [6.45, 7) is 13.5. The Morgan fingerprint density at radius 2 is 1.86 bits per heavy atom. The molecule has 3 heterocycles. The summed E-state index contributed by atoms with van der Waals surface area (Å²) in [5, 5.41) is 3.07. The molecule has 9 heteroatoms. The topological polar surface area (TPSA) is 93.5 Å². The average Bonchev–Trinajstić information content (AvgIpc) is 3.49. The van der Waals surface area contributed by atoms with E-state index in [9.17, 15) is 13.2 Å². The van der Waals surface area contributed by atoms with Gasteiger partial charge in [-0.15, -0.1) is 0 Å². The van der Waals surface area contributed by atoms with Gasteiger partial charge in [-0.05, 0) is 56.2 Å². The number of carbonyl (C=O) groups excluding carboxylic acids is 1. The van der Waals surface area contributed by atoms with Crippen molar-refractivity contribution < 1.29 is 17.9 Å². The zero-order valence-corrected chi connectivity index (χ0v) is 23.2. The summed E-state index contributed by atoms with van der Waals surface area (Å²) in [6.07, 6.45) is 4.33. The molecule has 8 nitrogen and oxygen atoms in total. The van der Waals surface area contributed by atoms with Crippen molar-refractivity contribution in [3.63, 3.8) is 0 Å². The maximum atomic E-state index is 13.5. The second-order valence-electron chi connectivity index (χ2n) is 11.4. The van der Waals surface area contributed by atoms with Gasteiger partial charge in [-0.2, -0.15) is 4.31 Å². The summed E-state index contributed by atoms with van der Waals surface area (Å²) in [6, 6.07) is 5.44. The Balaban J connectivity index is 1.58. The third-order valence-electron chi connectivity index (χ3n) is 7.66. The number of benzene rings is 1. The molecule has 0 saturated carbocycles. The van der Waals surface area contributed by atoms with Crippen LogP contribution in [0.25, 0.3) is 11.0 Å². The number of amides is 1. The number of sulfonamides is 1. The van der Waals surface area contributed by atoms with Crippen LogP contribution in [0.5, 0.6) is 0 Å². The molecule has 200 valence electrons. The normalized spacial score (nSPS) is 20.4. The van der Waals surface area contributed by atoms with Crippen LogP contribution in [0, 0.1) is 11.8 Å². The number of hydrogen-bond donors (Lipinski definition) is 1. The summed E-state index contributed by atoms with van der Waals surface area (Å²) in [7, 11) is -3.71. The first-order chi connectivity index (χ1) is 17.0. The van der Waals surface area contributed by atoms with Gasteiger partial charge in [-0.25, -0.2) is 13.4 Å². The highest BCUT2D eigenvalue weighted by Crippen LogP contribution is 2.32. The van der Waals surface area contributed by atoms with Gasteiger partial charge in [0.15, 0.2) is 0 Å². The smallest absolute Gasteiger partial charge is 0.243 e. The zero-order chi connectivity index (χ0) is 26.1. The fourth-order valence-corrected chi connectivity index (χ4v) is 6.86. The van der Waals surface area contributed by atoms with Crippen molar-refractivity contribution in [3.05, 3.63) is 24.0 Å². The van der Waals surface area contributed by atoms with Crippen molar-refractivity contribution in [2.45, 2.75) is 89.6 Å². The molecule has 2 aromatic rings. The number of nitrogens with one attached hydrogen (secondary N) is 1. The first-order valence-electron chi connectivity index (χ1n) is 13.4. The van der Waals surface area contributed by atoms with Crippen molar-refractivity contribution in [2.75, 3.05) is 26.3 Å². The van der Waals surface area contributed by atoms with Crippen molar-refractivity contribution in [3.8, 4) is 0 Å². The van der Waals surface area contributed by atoms with Crippen LogP contribution in [0.4, 0.5) is 0 Å². The highest BCUT2D eigenvalue weighted by Gasteiger charge is 2.36. The number of ether oxygens (including phenoxy) is 1. The van der Waals surface area contributed by atoms with Crippen LogP contribution in [0.1, 0.15) is 72.5 Å². The molecule has 1 unspecified atom stereocenters. The third kappa shape index (κ3) is 5.63. The van der Waals surface area contributed by atoms with Gasteiger partial charge in [0, 0.05) is 44.3 Å². The maximum absolute atomic E-state index is 13.5. The molecule has 1 aromatic carbocycles. The van der Waals surface area contributed by atoms with Gasteiger partial charge in [-0.3, -0.25) is 4.79 Å². The molecular weight excluding hydrogens is 476 g/mol. The van der Waals surface area contributed by atoms with Gasteiger partial charge in [0.2, 0.25) is 15.9 Å². The van der Waals surface area contributed by atoms with Crippen molar-refractivity contribution in [1.29, 1.82) is 0 Å². The lowest BCUT2D eigenvalue weighted by Crippen LogP contribution is -2.39. The minimum Gasteiger partial charge on any atom is -0.381 e. The molecule has 1 N–H and O–H groups in total. The Bertz CT molecular complexity index is 1170. The van der Waals surface area contributed by atoms with Crippen LogP contribution in [-0.4, -0.2) is 60.5 Å². The molecule has 0 bridgehead atoms. The Morgan fingerprint density at radius 1 is 1.17 bits per heavy atom. The SMILES string of the molecule is CCC(CC)NC(=O)C1CCN(S(=O)(=O)c2ccc3c(c2)nc(C(C)(C)C)n3CC2CCOCC2)C1. The first-order valence-corrected chi connectivity index (χ1v) is 14.9. The molecule has 1 atom stereocenters. The van der Waals surface area contributed by atoms with Crippen LogP contribution in [0.2, 0.25) is 0 Å². The van der Waals surface area contributed by atoms with Crippen LogP contribution >= 0.6 is 0 Å². The molecular formula is C27H42N4O4S. The van der Waals surface area contributed by atoms with E-state index in [0.717, 1.165) is 56.8 Å². The number of imidazole rings is 1. The predicted molar refractivity (Wildman–Crippen MR) is 141 cm³/mol. The van der Waals surface area contributed by atoms with E-state index in [-0.39, 0.29) is 34.7 Å². The van der Waals surface area contributed by atoms with Crippen molar-refractivity contribution >= 4 is 27.0 Å². The number of hydrogen-bond acceptors (Lipinski definition) is 5. The van der Waals surface area contributed by atoms with E-state index in [1.807, 2.05) is 19.9 Å². The number of rotatable bonds is 8. The molecule has 36 heavy (non-hydrogen) atoms. The minimum atomic E-state index is -3.71. The zero-order valence-electron chi connectivity index (χ0n) is 22.4. The fourth-order valence-electron chi connectivity index (χ4n) is 5.34. The molecule has 0 spiro atoms. The quantitative estimate of drug-likeness (QED) is 0.569. The van der Waals surface area contributed by atoms with E-state index in [1.54, 1.807) is 12.1 Å². The lowest BCUT2D eigenvalue weighted by molar-refractivity contribution is -0.125. The van der Waals surface area contributed by atoms with E-state index >= 15 is 0 Å². The summed E-state index contributed by atoms with van der Waals surface area (Å²) < 4.78 is 36.3. The highest BCUT2D eigenvalue weighted by atomic mass is 32.2. The first kappa shape index (κ1) is 27.1. The molecule has 2 fully saturated rings. The molecule has 1 amide bonds. The van der Waals surface area contributed by atoms with E-state index in [1.165, 1.54) is 4.31 Å². The van der Waals surface area contributed by atoms with Crippen LogP contribution in [0.3, 0.4) is 0 Å². The second-order valence-corrected chi connectivity index (χ2v) is 13.3. The maximum Gasteiger partial charge on any atom is 0.243 e. The van der Waals surface area contributed by atoms with Crippen LogP contribution in [-0.2, 0) is 31.5 Å². The third-order valence-corrected chi connectivity index (χ3v) is 9.52. The van der Waals surface area contributed by atoms with Gasteiger partial charge < -0.3 is 14.6 Å². The summed E-state index contributed by atoms with van der Waals surface area (Å²) in [5.41, 5.74) is 1.50. The number of nitrogens with zero attached hydrogens (tertiary/aromatic N) is 3. The highest BCUT2D eigenvalue weighted by molar-refractivity contribution is 7.89. The van der Waals surface area contributed by atoms with Gasteiger partial charge in [0.05, 0.1) is 21.8 Å². The van der Waals surface area contributed by atoms with Crippen LogP contribution < -0.4 is 5.32 Å². The van der Waals surface area contributed by atoms with E-state index in [4.69, 9.17) is 9.72 Å². The number of carbonyl (C=O) groups is 1. The van der Waals surface area contributed by atoms with Crippen molar-refractivity contribution in [2.24, 2.45) is 11.8 Å². The number of aromatic nitrogens is 2. The summed E-state index contributed by atoms with van der Waals surface area (Å²) >= 11 is 0. The molecule has 2 aliphatic heterocycles. The summed E-state index contributed by atoms with van der Waals surface area (Å²) in [4.78, 5) is 17.9. The molecule has 2 aliphatic rings. The standard InChI is InChI=1S/C27H42N4O4S/c1-6-21(7-2)28-25(32)20-10-13-30(18-20)36(33,34)22-8-9-24-23(16-22)29-26(27(3,4)5)31(24)17-19-11-14-35-15-12-19/h8-9,16,19-21H,6-7,10-15,17-18H2,1-5H3,(H,28,32). The lowest BCUT2D eigenvalue weighted by Gasteiger charge is -2.26. The molecule has 0 radical (unpaired) electrons. The Kier molecular flexibility index (Phi) is 8.12. The van der Waals surface area contributed by atoms with Crippen LogP contribution in [0.15, 0.2) is 23.1 Å². The molecule has 0 aliphatic carbocycles. The average molecular weight is 519 g/mol. The van der Waals surface area contributed by atoms with Gasteiger partial charge >= 0.3 is 0 Å². The van der Waals surface area contributed by atoms with Crippen molar-refractivity contribution in [1.82, 2.24) is 19.2 Å². The Morgan fingerprint density at radius 3 is 2.50 bits per heavy atom. The monoisotopic (exact) mass is 518 g/mol. The van der Waals surface area contributed by atoms with E-state index < -0.39 is 10.0 Å². The molecule has 2 saturated heterocycles. The van der Waals surface area contributed by atoms with E-state index in [0.29, 0.717) is 24.4 Å². The predicted octanol–water partition coefficient (Wildman–Crippen LogP) is 4.08. The van der Waals surface area contributed by atoms with E-state index in [2.05, 4.69) is 30.7 Å². The minimum absolute atomic E-state index is 0.0430. The fraction of sp³-hybridized carbons (Fsp3) is 0.704.